The van der Waals surface area contributed by atoms with Crippen LogP contribution in [0.25, 0.3) is 33.2 Å². The zero-order valence-corrected chi connectivity index (χ0v) is 20.8. The molecule has 1 fully saturated rings. The number of aromatic nitrogens is 2. The number of carbonyl (C=O) groups is 1. The fourth-order valence-corrected chi connectivity index (χ4v) is 5.60. The van der Waals surface area contributed by atoms with Gasteiger partial charge in [-0.05, 0) is 40.9 Å². The largest absolute Gasteiger partial charge is 0.465 e. The minimum absolute atomic E-state index is 0.217. The van der Waals surface area contributed by atoms with E-state index in [9.17, 15) is 14.7 Å². The number of nitrogens with zero attached hydrogens (tertiary/aromatic N) is 4. The summed E-state index contributed by atoms with van der Waals surface area (Å²) in [5.41, 5.74) is 6.75. The lowest BCUT2D eigenvalue weighted by molar-refractivity contribution is 0.145. The summed E-state index contributed by atoms with van der Waals surface area (Å²) < 4.78 is 0. The Bertz CT molecular complexity index is 1560. The van der Waals surface area contributed by atoms with E-state index in [1.807, 2.05) is 42.5 Å². The van der Waals surface area contributed by atoms with Crippen LogP contribution in [-0.4, -0.2) is 69.3 Å². The number of carboxylic acid groups (broad SMARTS) is 1. The third-order valence-electron chi connectivity index (χ3n) is 7.61. The smallest absolute Gasteiger partial charge is 0.407 e. The Morgan fingerprint density at radius 2 is 1.62 bits per heavy atom. The van der Waals surface area contributed by atoms with Crippen molar-refractivity contribution in [3.63, 3.8) is 0 Å². The maximum Gasteiger partial charge on any atom is 0.407 e. The van der Waals surface area contributed by atoms with Gasteiger partial charge in [-0.1, -0.05) is 54.6 Å². The van der Waals surface area contributed by atoms with Crippen molar-refractivity contribution in [2.45, 2.75) is 19.6 Å². The number of hydrogen-bond acceptors (Lipinski definition) is 5. The van der Waals surface area contributed by atoms with E-state index in [4.69, 9.17) is 0 Å². The first-order valence-corrected chi connectivity index (χ1v) is 12.6. The molecule has 0 atom stereocenters. The first-order chi connectivity index (χ1) is 18.0. The minimum atomic E-state index is -0.913. The Morgan fingerprint density at radius 3 is 2.38 bits per heavy atom. The van der Waals surface area contributed by atoms with Gasteiger partial charge in [0.05, 0.1) is 17.6 Å². The minimum Gasteiger partial charge on any atom is -0.465 e. The number of rotatable bonds is 4. The predicted molar refractivity (Wildman–Crippen MR) is 143 cm³/mol. The lowest BCUT2D eigenvalue weighted by Gasteiger charge is -2.33. The van der Waals surface area contributed by atoms with Crippen molar-refractivity contribution in [3.05, 3.63) is 87.7 Å². The molecule has 0 saturated carbocycles. The standard InChI is InChI=1S/C29H29N5O3/c1-32-12-14-33(15-13-32)16-20-11-10-19-17-34(29(36)37)18-25(19)26(20)21-6-2-3-7-22(21)27-23-8-4-5-9-24(23)28(35)31-30-27/h2-11H,12-18H2,1H3,(H,31,35)(H,36,37). The van der Waals surface area contributed by atoms with Crippen LogP contribution in [0.15, 0.2) is 65.5 Å². The van der Waals surface area contributed by atoms with Gasteiger partial charge in [0, 0.05) is 50.2 Å². The van der Waals surface area contributed by atoms with E-state index in [-0.39, 0.29) is 5.56 Å². The first kappa shape index (κ1) is 23.4. The van der Waals surface area contributed by atoms with Gasteiger partial charge in [0.1, 0.15) is 0 Å². The van der Waals surface area contributed by atoms with Crippen LogP contribution in [0.5, 0.6) is 0 Å². The second kappa shape index (κ2) is 9.46. The molecule has 0 aliphatic carbocycles. The molecule has 2 aliphatic heterocycles. The molecule has 3 heterocycles. The van der Waals surface area contributed by atoms with E-state index in [0.29, 0.717) is 24.2 Å². The Morgan fingerprint density at radius 1 is 0.919 bits per heavy atom. The number of H-pyrrole nitrogens is 1. The zero-order chi connectivity index (χ0) is 25.5. The summed E-state index contributed by atoms with van der Waals surface area (Å²) in [7, 11) is 2.15. The summed E-state index contributed by atoms with van der Waals surface area (Å²) in [5.74, 6) is 0. The molecule has 188 valence electrons. The topological polar surface area (TPSA) is 92.8 Å². The van der Waals surface area contributed by atoms with Gasteiger partial charge >= 0.3 is 6.09 Å². The van der Waals surface area contributed by atoms with Crippen molar-refractivity contribution in [1.82, 2.24) is 24.9 Å². The highest BCUT2D eigenvalue weighted by atomic mass is 16.4. The van der Waals surface area contributed by atoms with Gasteiger partial charge in [-0.2, -0.15) is 5.10 Å². The van der Waals surface area contributed by atoms with Crippen molar-refractivity contribution in [3.8, 4) is 22.4 Å². The molecule has 3 aromatic carbocycles. The molecule has 0 unspecified atom stereocenters. The maximum atomic E-state index is 12.5. The second-order valence-electron chi connectivity index (χ2n) is 9.95. The van der Waals surface area contributed by atoms with E-state index in [1.165, 1.54) is 10.5 Å². The average molecular weight is 496 g/mol. The third-order valence-corrected chi connectivity index (χ3v) is 7.61. The van der Waals surface area contributed by atoms with E-state index in [0.717, 1.165) is 65.9 Å². The van der Waals surface area contributed by atoms with Gasteiger partial charge in [-0.25, -0.2) is 9.89 Å². The molecule has 37 heavy (non-hydrogen) atoms. The first-order valence-electron chi connectivity index (χ1n) is 12.6. The number of hydrogen-bond donors (Lipinski definition) is 2. The van der Waals surface area contributed by atoms with Crippen LogP contribution in [-0.2, 0) is 19.6 Å². The molecule has 2 N–H and O–H groups in total. The van der Waals surface area contributed by atoms with Gasteiger partial charge in [-0.15, -0.1) is 0 Å². The normalized spacial score (nSPS) is 16.3. The Hall–Kier alpha value is -4.01. The van der Waals surface area contributed by atoms with Crippen molar-refractivity contribution in [2.75, 3.05) is 33.2 Å². The van der Waals surface area contributed by atoms with E-state index >= 15 is 0 Å². The molecular weight excluding hydrogens is 466 g/mol. The molecule has 0 bridgehead atoms. The van der Waals surface area contributed by atoms with Crippen LogP contribution < -0.4 is 5.56 Å². The molecule has 2 aliphatic rings. The van der Waals surface area contributed by atoms with Crippen LogP contribution >= 0.6 is 0 Å². The summed E-state index contributed by atoms with van der Waals surface area (Å²) in [6.45, 7) is 5.55. The summed E-state index contributed by atoms with van der Waals surface area (Å²) in [6, 6.07) is 19.9. The fraction of sp³-hybridized carbons (Fsp3) is 0.276. The molecule has 0 spiro atoms. The van der Waals surface area contributed by atoms with Crippen LogP contribution in [0.1, 0.15) is 16.7 Å². The van der Waals surface area contributed by atoms with E-state index < -0.39 is 6.09 Å². The number of benzene rings is 3. The Labute approximate surface area is 214 Å². The highest BCUT2D eigenvalue weighted by Gasteiger charge is 2.29. The lowest BCUT2D eigenvalue weighted by Crippen LogP contribution is -2.43. The van der Waals surface area contributed by atoms with Crippen molar-refractivity contribution in [2.24, 2.45) is 0 Å². The van der Waals surface area contributed by atoms with Crippen LogP contribution in [0, 0.1) is 0 Å². The average Bonchev–Trinajstić information content (AvgIpc) is 3.35. The van der Waals surface area contributed by atoms with Crippen molar-refractivity contribution >= 4 is 16.9 Å². The van der Waals surface area contributed by atoms with Crippen molar-refractivity contribution < 1.29 is 9.90 Å². The zero-order valence-electron chi connectivity index (χ0n) is 20.8. The predicted octanol–water partition coefficient (Wildman–Crippen LogP) is 4.00. The van der Waals surface area contributed by atoms with Gasteiger partial charge in [0.15, 0.2) is 0 Å². The number of amides is 1. The molecule has 6 rings (SSSR count). The summed E-state index contributed by atoms with van der Waals surface area (Å²) in [4.78, 5) is 30.6. The SMILES string of the molecule is CN1CCN(Cc2ccc3c(c2-c2ccccc2-c2n[nH]c(=O)c4ccccc24)CN(C(=O)O)C3)CC1. The van der Waals surface area contributed by atoms with E-state index in [1.54, 1.807) is 0 Å². The monoisotopic (exact) mass is 495 g/mol. The molecule has 1 aromatic heterocycles. The number of piperazine rings is 1. The summed E-state index contributed by atoms with van der Waals surface area (Å²) in [6.07, 6.45) is -0.913. The number of aromatic amines is 1. The molecule has 8 heteroatoms. The van der Waals surface area contributed by atoms with Gasteiger partial charge in [-0.3, -0.25) is 14.6 Å². The second-order valence-corrected chi connectivity index (χ2v) is 9.95. The quantitative estimate of drug-likeness (QED) is 0.445. The molecule has 1 saturated heterocycles. The highest BCUT2D eigenvalue weighted by molar-refractivity contribution is 5.98. The van der Waals surface area contributed by atoms with Crippen LogP contribution in [0.3, 0.4) is 0 Å². The summed E-state index contributed by atoms with van der Waals surface area (Å²) in [5, 5.41) is 18.3. The Kier molecular flexibility index (Phi) is 5.98. The van der Waals surface area contributed by atoms with Crippen molar-refractivity contribution in [1.29, 1.82) is 0 Å². The lowest BCUT2D eigenvalue weighted by atomic mass is 9.87. The molecular formula is C29H29N5O3. The van der Waals surface area contributed by atoms with Gasteiger partial charge in [0.25, 0.3) is 5.56 Å². The Balaban J connectivity index is 1.54. The van der Waals surface area contributed by atoms with Gasteiger partial charge in [0.2, 0.25) is 0 Å². The van der Waals surface area contributed by atoms with Crippen LogP contribution in [0.2, 0.25) is 0 Å². The maximum absolute atomic E-state index is 12.5. The van der Waals surface area contributed by atoms with E-state index in [2.05, 4.69) is 45.2 Å². The molecule has 4 aromatic rings. The fourth-order valence-electron chi connectivity index (χ4n) is 5.60. The number of fused-ring (bicyclic) bond motifs is 2. The number of likely N-dealkylation sites (N-methyl/N-ethyl adjacent to an activating group) is 1. The summed E-state index contributed by atoms with van der Waals surface area (Å²) >= 11 is 0. The molecule has 1 amide bonds. The highest BCUT2D eigenvalue weighted by Crippen LogP contribution is 2.41. The molecule has 0 radical (unpaired) electrons. The third kappa shape index (κ3) is 4.28. The number of nitrogens with one attached hydrogen (secondary N) is 1. The molecule has 8 nitrogen and oxygen atoms in total. The van der Waals surface area contributed by atoms with Gasteiger partial charge < -0.3 is 10.0 Å². The van der Waals surface area contributed by atoms with Crippen LogP contribution in [0.4, 0.5) is 4.79 Å².